The summed E-state index contributed by atoms with van der Waals surface area (Å²) >= 11 is 0. The van der Waals surface area contributed by atoms with Gasteiger partial charge in [0.05, 0.1) is 13.7 Å². The number of aryl methyl sites for hydroxylation is 1. The Bertz CT molecular complexity index is 974. The van der Waals surface area contributed by atoms with Crippen molar-refractivity contribution in [1.29, 1.82) is 5.26 Å². The Morgan fingerprint density at radius 3 is 2.50 bits per heavy atom. The van der Waals surface area contributed by atoms with Crippen molar-refractivity contribution in [3.63, 3.8) is 0 Å². The second-order valence-electron chi connectivity index (χ2n) is 6.02. The van der Waals surface area contributed by atoms with Crippen molar-refractivity contribution in [2.24, 2.45) is 0 Å². The molecular formula is C23H23NO6. The summed E-state index contributed by atoms with van der Waals surface area (Å²) in [4.78, 5) is 24.0. The lowest BCUT2D eigenvalue weighted by Crippen LogP contribution is -2.18. The van der Waals surface area contributed by atoms with Crippen LogP contribution in [0.5, 0.6) is 17.2 Å². The second kappa shape index (κ2) is 11.3. The summed E-state index contributed by atoms with van der Waals surface area (Å²) in [6.45, 7) is 3.56. The smallest absolute Gasteiger partial charge is 0.349 e. The fourth-order valence-corrected chi connectivity index (χ4v) is 2.60. The largest absolute Gasteiger partial charge is 0.493 e. The molecule has 0 saturated heterocycles. The van der Waals surface area contributed by atoms with Gasteiger partial charge in [0, 0.05) is 0 Å². The van der Waals surface area contributed by atoms with Crippen molar-refractivity contribution in [2.75, 3.05) is 20.3 Å². The van der Waals surface area contributed by atoms with Crippen LogP contribution in [0.1, 0.15) is 25.0 Å². The number of nitriles is 1. The summed E-state index contributed by atoms with van der Waals surface area (Å²) in [5.41, 5.74) is 1.37. The highest BCUT2D eigenvalue weighted by Crippen LogP contribution is 2.29. The van der Waals surface area contributed by atoms with E-state index in [0.29, 0.717) is 11.3 Å². The first-order chi connectivity index (χ1) is 14.5. The van der Waals surface area contributed by atoms with E-state index in [9.17, 15) is 9.59 Å². The minimum atomic E-state index is -0.709. The fraction of sp³-hybridized carbons (Fsp3) is 0.261. The molecule has 0 aliphatic carbocycles. The van der Waals surface area contributed by atoms with Gasteiger partial charge in [-0.15, -0.1) is 0 Å². The summed E-state index contributed by atoms with van der Waals surface area (Å²) in [7, 11) is 1.42. The number of nitrogens with zero attached hydrogens (tertiary/aromatic N) is 1. The second-order valence-corrected chi connectivity index (χ2v) is 6.02. The van der Waals surface area contributed by atoms with Gasteiger partial charge in [0.1, 0.15) is 17.4 Å². The number of methoxy groups -OCH3 is 1. The Labute approximate surface area is 175 Å². The summed E-state index contributed by atoms with van der Waals surface area (Å²) in [6, 6.07) is 13.9. The molecule has 0 atom stereocenters. The molecule has 0 fully saturated rings. The number of hydrogen-bond acceptors (Lipinski definition) is 7. The lowest BCUT2D eigenvalue weighted by Gasteiger charge is -2.12. The zero-order chi connectivity index (χ0) is 21.9. The molecule has 0 saturated carbocycles. The van der Waals surface area contributed by atoms with Crippen LogP contribution in [0.25, 0.3) is 6.08 Å². The topological polar surface area (TPSA) is 94.9 Å². The molecule has 0 heterocycles. The van der Waals surface area contributed by atoms with Gasteiger partial charge in [0.25, 0.3) is 0 Å². The highest BCUT2D eigenvalue weighted by atomic mass is 16.6. The molecule has 0 bridgehead atoms. The predicted octanol–water partition coefficient (Wildman–Crippen LogP) is 3.71. The molecule has 7 nitrogen and oxygen atoms in total. The molecule has 30 heavy (non-hydrogen) atoms. The van der Waals surface area contributed by atoms with E-state index in [2.05, 4.69) is 0 Å². The van der Waals surface area contributed by atoms with E-state index in [0.717, 1.165) is 12.0 Å². The van der Waals surface area contributed by atoms with E-state index in [4.69, 9.17) is 24.2 Å². The zero-order valence-electron chi connectivity index (χ0n) is 17.1. The maximum absolute atomic E-state index is 12.2. The Hall–Kier alpha value is -3.79. The van der Waals surface area contributed by atoms with Gasteiger partial charge in [-0.25, -0.2) is 9.59 Å². The first-order valence-electron chi connectivity index (χ1n) is 9.40. The van der Waals surface area contributed by atoms with Gasteiger partial charge in [-0.3, -0.25) is 0 Å². The molecule has 0 unspecified atom stereocenters. The van der Waals surface area contributed by atoms with Gasteiger partial charge in [0.15, 0.2) is 18.1 Å². The highest BCUT2D eigenvalue weighted by molar-refractivity contribution is 5.98. The third-order valence-corrected chi connectivity index (χ3v) is 4.04. The first-order valence-corrected chi connectivity index (χ1v) is 9.40. The lowest BCUT2D eigenvalue weighted by atomic mass is 10.1. The summed E-state index contributed by atoms with van der Waals surface area (Å²) < 4.78 is 21.0. The molecule has 0 N–H and O–H groups in total. The normalized spacial score (nSPS) is 10.7. The number of benzene rings is 2. The van der Waals surface area contributed by atoms with Crippen molar-refractivity contribution in [1.82, 2.24) is 0 Å². The van der Waals surface area contributed by atoms with Crippen LogP contribution in [0.4, 0.5) is 0 Å². The van der Waals surface area contributed by atoms with Crippen molar-refractivity contribution in [2.45, 2.75) is 20.3 Å². The van der Waals surface area contributed by atoms with Crippen LogP contribution in [0, 0.1) is 11.3 Å². The quantitative estimate of drug-likeness (QED) is 0.270. The average molecular weight is 409 g/mol. The molecule has 0 radical (unpaired) electrons. The van der Waals surface area contributed by atoms with E-state index >= 15 is 0 Å². The molecule has 0 amide bonds. The minimum absolute atomic E-state index is 0.147. The zero-order valence-corrected chi connectivity index (χ0v) is 17.1. The molecule has 156 valence electrons. The van der Waals surface area contributed by atoms with E-state index in [1.165, 1.54) is 19.3 Å². The molecule has 0 spiro atoms. The highest BCUT2D eigenvalue weighted by Gasteiger charge is 2.14. The van der Waals surface area contributed by atoms with Crippen LogP contribution in [0.2, 0.25) is 0 Å². The Kier molecular flexibility index (Phi) is 8.45. The van der Waals surface area contributed by atoms with Crippen LogP contribution < -0.4 is 14.2 Å². The summed E-state index contributed by atoms with van der Waals surface area (Å²) in [5, 5.41) is 9.14. The maximum Gasteiger partial charge on any atom is 0.349 e. The Morgan fingerprint density at radius 1 is 1.07 bits per heavy atom. The van der Waals surface area contributed by atoms with Gasteiger partial charge >= 0.3 is 11.9 Å². The van der Waals surface area contributed by atoms with Crippen molar-refractivity contribution < 1.29 is 28.5 Å². The van der Waals surface area contributed by atoms with Crippen LogP contribution in [-0.2, 0) is 20.7 Å². The lowest BCUT2D eigenvalue weighted by molar-refractivity contribution is -0.138. The van der Waals surface area contributed by atoms with Gasteiger partial charge in [-0.1, -0.05) is 31.2 Å². The van der Waals surface area contributed by atoms with Crippen molar-refractivity contribution in [3.05, 3.63) is 59.2 Å². The number of carbonyl (C=O) groups is 2. The van der Waals surface area contributed by atoms with Crippen LogP contribution in [-0.4, -0.2) is 32.3 Å². The van der Waals surface area contributed by atoms with E-state index in [1.54, 1.807) is 31.2 Å². The number of rotatable bonds is 9. The number of ether oxygens (including phenoxy) is 4. The Balaban J connectivity index is 2.10. The van der Waals surface area contributed by atoms with E-state index in [-0.39, 0.29) is 30.3 Å². The molecule has 2 aromatic rings. The van der Waals surface area contributed by atoms with Gasteiger partial charge in [-0.2, -0.15) is 5.26 Å². The summed E-state index contributed by atoms with van der Waals surface area (Å²) in [5.74, 6) is -0.202. The first kappa shape index (κ1) is 22.5. The number of esters is 2. The third kappa shape index (κ3) is 6.11. The third-order valence-electron chi connectivity index (χ3n) is 4.04. The number of para-hydroxylation sites is 1. The monoisotopic (exact) mass is 409 g/mol. The molecule has 2 rings (SSSR count). The molecule has 7 heteroatoms. The number of carbonyl (C=O) groups excluding carboxylic acids is 2. The van der Waals surface area contributed by atoms with Crippen molar-refractivity contribution in [3.8, 4) is 23.3 Å². The van der Waals surface area contributed by atoms with E-state index in [1.807, 2.05) is 25.1 Å². The molecule has 0 aliphatic heterocycles. The van der Waals surface area contributed by atoms with Crippen molar-refractivity contribution >= 4 is 18.0 Å². The molecule has 0 aliphatic rings. The van der Waals surface area contributed by atoms with Gasteiger partial charge in [-0.05, 0) is 48.7 Å². The van der Waals surface area contributed by atoms with Gasteiger partial charge in [0.2, 0.25) is 0 Å². The average Bonchev–Trinajstić information content (AvgIpc) is 2.77. The van der Waals surface area contributed by atoms with Gasteiger partial charge < -0.3 is 18.9 Å². The van der Waals surface area contributed by atoms with Crippen LogP contribution >= 0.6 is 0 Å². The maximum atomic E-state index is 12.2. The minimum Gasteiger partial charge on any atom is -0.493 e. The Morgan fingerprint density at radius 2 is 1.83 bits per heavy atom. The van der Waals surface area contributed by atoms with E-state index < -0.39 is 11.9 Å². The standard InChI is InChI=1S/C23H23NO6/c1-4-17-8-6-7-9-19(17)29-15-22(25)30-20-11-10-16(13-21(20)27-3)12-18(14-24)23(26)28-5-2/h6-13H,4-5,15H2,1-3H3/b18-12+. The number of hydrogen-bond donors (Lipinski definition) is 0. The SMILES string of the molecule is CCOC(=O)/C(C#N)=C/c1ccc(OC(=O)COc2ccccc2CC)c(OC)c1. The van der Waals surface area contributed by atoms with Crippen LogP contribution in [0.3, 0.4) is 0 Å². The predicted molar refractivity (Wildman–Crippen MR) is 110 cm³/mol. The molecular weight excluding hydrogens is 386 g/mol. The molecule has 0 aromatic heterocycles. The fourth-order valence-electron chi connectivity index (χ4n) is 2.60. The molecule has 2 aromatic carbocycles. The van der Waals surface area contributed by atoms with Crippen LogP contribution in [0.15, 0.2) is 48.0 Å². The summed E-state index contributed by atoms with van der Waals surface area (Å²) in [6.07, 6.45) is 2.15.